The molecule has 70 heavy (non-hydrogen) atoms. The number of aldehydes is 1. The summed E-state index contributed by atoms with van der Waals surface area (Å²) in [4.78, 5) is 75.4. The van der Waals surface area contributed by atoms with Gasteiger partial charge in [0, 0.05) is 87.5 Å². The van der Waals surface area contributed by atoms with E-state index in [0.717, 1.165) is 66.6 Å². The van der Waals surface area contributed by atoms with Crippen molar-refractivity contribution >= 4 is 71.5 Å². The molecular weight excluding hydrogens is 893 g/mol. The minimum atomic E-state index is -0.335. The highest BCUT2D eigenvalue weighted by atomic mass is 16.5. The molecule has 0 aliphatic carbocycles. The zero-order chi connectivity index (χ0) is 51.2. The maximum absolute atomic E-state index is 12.7. The smallest absolute Gasteiger partial charge is 0.272 e. The van der Waals surface area contributed by atoms with E-state index in [1.807, 2.05) is 82.8 Å². The van der Waals surface area contributed by atoms with Crippen LogP contribution in [0.4, 0.5) is 28.4 Å². The average molecular weight is 961 g/mol. The number of nitrogens with zero attached hydrogens (tertiary/aromatic N) is 4. The molecule has 1 aliphatic rings. The van der Waals surface area contributed by atoms with E-state index in [1.54, 1.807) is 64.7 Å². The molecule has 18 heteroatoms. The largest absolute Gasteiger partial charge is 0.493 e. The van der Waals surface area contributed by atoms with Crippen molar-refractivity contribution < 1.29 is 38.2 Å². The predicted octanol–water partition coefficient (Wildman–Crippen LogP) is 7.33. The number of hydrogen-bond donors (Lipinski definition) is 6. The van der Waals surface area contributed by atoms with Gasteiger partial charge >= 0.3 is 0 Å². The van der Waals surface area contributed by atoms with Gasteiger partial charge in [-0.2, -0.15) is 0 Å². The highest BCUT2D eigenvalue weighted by Crippen LogP contribution is 2.35. The van der Waals surface area contributed by atoms with Crippen molar-refractivity contribution in [3.8, 4) is 22.6 Å². The number of likely N-dealkylation sites (tertiary alicyclic amines) is 1. The van der Waals surface area contributed by atoms with E-state index in [2.05, 4.69) is 45.4 Å². The molecule has 0 bridgehead atoms. The number of aromatic nitrogens is 2. The molecule has 0 saturated carbocycles. The summed E-state index contributed by atoms with van der Waals surface area (Å²) in [6.07, 6.45) is 11.3. The van der Waals surface area contributed by atoms with Crippen LogP contribution in [0.15, 0.2) is 90.2 Å². The summed E-state index contributed by atoms with van der Waals surface area (Å²) in [6.45, 7) is 9.18. The predicted molar refractivity (Wildman–Crippen MR) is 276 cm³/mol. The van der Waals surface area contributed by atoms with Crippen LogP contribution < -0.4 is 41.8 Å². The fourth-order valence-corrected chi connectivity index (χ4v) is 6.85. The molecule has 5 aromatic rings. The maximum atomic E-state index is 12.7. The Morgan fingerprint density at radius 1 is 0.814 bits per heavy atom. The zero-order valence-corrected chi connectivity index (χ0v) is 41.4. The lowest BCUT2D eigenvalue weighted by Gasteiger charge is -2.29. The van der Waals surface area contributed by atoms with Gasteiger partial charge in [0.1, 0.15) is 5.69 Å². The van der Waals surface area contributed by atoms with Gasteiger partial charge in [0.15, 0.2) is 17.8 Å². The summed E-state index contributed by atoms with van der Waals surface area (Å²) in [6, 6.07) is 22.2. The number of carbonyl (C=O) groups excluding carboxylic acids is 6. The Kier molecular flexibility index (Phi) is 21.9. The quantitative estimate of drug-likeness (QED) is 0.0258. The monoisotopic (exact) mass is 961 g/mol. The first-order chi connectivity index (χ1) is 33.6. The number of aryl methyl sites for hydroxylation is 3. The van der Waals surface area contributed by atoms with Crippen LogP contribution in [0.2, 0.25) is 0 Å². The number of benzene rings is 3. The van der Waals surface area contributed by atoms with Crippen molar-refractivity contribution in [2.75, 3.05) is 55.1 Å². The molecule has 1 unspecified atom stereocenters. The highest BCUT2D eigenvalue weighted by molar-refractivity contribution is 6.04. The molecule has 0 spiro atoms. The van der Waals surface area contributed by atoms with Gasteiger partial charge in [0.25, 0.3) is 5.91 Å². The molecule has 1 fully saturated rings. The van der Waals surface area contributed by atoms with Crippen molar-refractivity contribution in [2.24, 2.45) is 30.7 Å². The van der Waals surface area contributed by atoms with Crippen LogP contribution in [0.1, 0.15) is 79.4 Å². The molecule has 0 radical (unpaired) electrons. The molecular formula is C52H68N10O8. The number of amides is 5. The number of rotatable bonds is 20. The summed E-state index contributed by atoms with van der Waals surface area (Å²) in [7, 11) is 7.02. The normalized spacial score (nSPS) is 13.4. The number of piperidine rings is 1. The number of nitrogens with two attached hydrogens (primary N) is 1. The first-order valence-electron chi connectivity index (χ1n) is 23.2. The molecule has 3 heterocycles. The Morgan fingerprint density at radius 3 is 2.07 bits per heavy atom. The lowest BCUT2D eigenvalue weighted by atomic mass is 10.0. The summed E-state index contributed by atoms with van der Waals surface area (Å²) in [5.74, 6) is 1.06. The summed E-state index contributed by atoms with van der Waals surface area (Å²) >= 11 is 0. The lowest BCUT2D eigenvalue weighted by Crippen LogP contribution is -2.39. The Hall–Kier alpha value is -7.73. The maximum Gasteiger partial charge on any atom is 0.272 e. The Balaban J connectivity index is 0.000000274. The molecule has 3 aromatic carbocycles. The average Bonchev–Trinajstić information content (AvgIpc) is 3.93. The van der Waals surface area contributed by atoms with Gasteiger partial charge in [-0.25, -0.2) is 0 Å². The Bertz CT molecular complexity index is 2520. The van der Waals surface area contributed by atoms with Gasteiger partial charge in [-0.05, 0) is 111 Å². The number of ether oxygens (including phenoxy) is 2. The van der Waals surface area contributed by atoms with Crippen LogP contribution in [0.3, 0.4) is 0 Å². The van der Waals surface area contributed by atoms with Gasteiger partial charge in [-0.15, -0.1) is 0 Å². The second-order valence-corrected chi connectivity index (χ2v) is 17.1. The number of nitrogens with one attached hydrogen (secondary N) is 5. The second kappa shape index (κ2) is 27.9. The van der Waals surface area contributed by atoms with E-state index in [-0.39, 0.29) is 36.7 Å². The fourth-order valence-electron chi connectivity index (χ4n) is 6.85. The summed E-state index contributed by atoms with van der Waals surface area (Å²) in [5.41, 5.74) is 12.9. The van der Waals surface area contributed by atoms with Crippen LogP contribution in [-0.2, 0) is 33.3 Å². The summed E-state index contributed by atoms with van der Waals surface area (Å²) < 4.78 is 14.8. The minimum Gasteiger partial charge on any atom is -0.493 e. The zero-order valence-electron chi connectivity index (χ0n) is 41.4. The van der Waals surface area contributed by atoms with Crippen LogP contribution in [0.25, 0.3) is 11.1 Å². The van der Waals surface area contributed by atoms with Gasteiger partial charge in [-0.3, -0.25) is 33.8 Å². The van der Waals surface area contributed by atoms with Gasteiger partial charge in [0.2, 0.25) is 24.6 Å². The first kappa shape index (κ1) is 54.9. The van der Waals surface area contributed by atoms with E-state index in [4.69, 9.17) is 15.2 Å². The van der Waals surface area contributed by atoms with Crippen molar-refractivity contribution in [1.29, 1.82) is 0 Å². The van der Waals surface area contributed by atoms with Crippen molar-refractivity contribution in [1.82, 2.24) is 19.4 Å². The molecule has 1 aliphatic heterocycles. The van der Waals surface area contributed by atoms with E-state index in [0.29, 0.717) is 71.3 Å². The van der Waals surface area contributed by atoms with Crippen LogP contribution in [0.5, 0.6) is 11.5 Å². The number of methoxy groups -OCH3 is 1. The van der Waals surface area contributed by atoms with Gasteiger partial charge in [-0.1, -0.05) is 26.0 Å². The summed E-state index contributed by atoms with van der Waals surface area (Å²) in [5, 5.41) is 13.7. The molecule has 374 valence electrons. The van der Waals surface area contributed by atoms with Crippen molar-refractivity contribution in [3.05, 3.63) is 102 Å². The first-order valence-corrected chi connectivity index (χ1v) is 23.2. The number of hydrogen-bond acceptors (Lipinski definition) is 11. The Labute approximate surface area is 410 Å². The van der Waals surface area contributed by atoms with Crippen LogP contribution in [-0.4, -0.2) is 103 Å². The van der Waals surface area contributed by atoms with Crippen molar-refractivity contribution in [3.63, 3.8) is 0 Å². The minimum absolute atomic E-state index is 0.00265. The van der Waals surface area contributed by atoms with E-state index in [9.17, 15) is 28.8 Å². The van der Waals surface area contributed by atoms with Crippen LogP contribution in [0, 0.1) is 12.8 Å². The third-order valence-corrected chi connectivity index (χ3v) is 11.4. The third kappa shape index (κ3) is 17.1. The number of anilines is 4. The third-order valence-electron chi connectivity index (χ3n) is 11.4. The lowest BCUT2D eigenvalue weighted by molar-refractivity contribution is -0.120. The molecule has 6 rings (SSSR count). The van der Waals surface area contributed by atoms with E-state index in [1.165, 1.54) is 0 Å². The standard InChI is InChI=1S/C25H32N4O5.C22H23N5O3.C5H13N/c1-18-11-23(33-3)24(13-22(18)26-14-20-7-4-5-9-29(20)17-31)34-10-6-8-25(32)27-19-12-21(16-30)28(2)15-19;1-23-17-5-3-15(4-6-17)16-11-20(27(2)13-16)22(30)26-19-9-7-18(8-10-19)25-21(29)12-24-14-28;1-4(2)5(3)6/h11-17,20H,4-10H2,1-3H3,(H,27,32);3-11,13-14,23H,12H2,1-2H3,(H,24,28)(H,25,29)(H,26,30);4-5H,6H2,1-3H3/t20-;;/m0../s1. The molecule has 2 aromatic heterocycles. The molecule has 5 amide bonds. The van der Waals surface area contributed by atoms with Crippen LogP contribution >= 0.6 is 0 Å². The molecule has 7 N–H and O–H groups in total. The van der Waals surface area contributed by atoms with E-state index >= 15 is 0 Å². The van der Waals surface area contributed by atoms with E-state index < -0.39 is 0 Å². The van der Waals surface area contributed by atoms with Crippen molar-refractivity contribution in [2.45, 2.75) is 71.9 Å². The Morgan fingerprint density at radius 2 is 1.47 bits per heavy atom. The molecule has 1 saturated heterocycles. The van der Waals surface area contributed by atoms with Gasteiger partial charge in [0.05, 0.1) is 43.4 Å². The molecule has 2 atom stereocenters. The second-order valence-electron chi connectivity index (χ2n) is 17.1. The van der Waals surface area contributed by atoms with Gasteiger partial charge < -0.3 is 55.8 Å². The number of aliphatic imine (C=N–C) groups is 1. The topological polar surface area (TPSA) is 233 Å². The SMILES string of the molecule is CC(C)C(C)N.CNc1ccc(-c2cc(C(=O)Nc3ccc(NC(=O)CNC=O)cc3)n(C)c2)cc1.COc1cc(C)c(N=C[C@@H]2CCCCN2C=O)cc1OCCCC(=O)Nc1cc(C=O)n(C)c1. The fraction of sp³-hybridized carbons (Fsp3) is 0.365. The number of carbonyl (C=O) groups is 6. The highest BCUT2D eigenvalue weighted by Gasteiger charge is 2.20. The molecule has 18 nitrogen and oxygen atoms in total.